The molecule has 0 aliphatic heterocycles. The molecule has 0 aromatic heterocycles. The van der Waals surface area contributed by atoms with Crippen molar-refractivity contribution < 1.29 is 9.47 Å². The van der Waals surface area contributed by atoms with Crippen LogP contribution < -0.4 is 0 Å². The Hall–Kier alpha value is 0.360. The van der Waals surface area contributed by atoms with Crippen LogP contribution in [0.15, 0.2) is 0 Å². The minimum atomic E-state index is 0.321. The van der Waals surface area contributed by atoms with E-state index >= 15 is 0 Å². The van der Waals surface area contributed by atoms with Crippen LogP contribution in [0.4, 0.5) is 0 Å². The number of rotatable bonds is 8. The molecule has 0 amide bonds. The first-order valence-corrected chi connectivity index (χ1v) is 5.91. The van der Waals surface area contributed by atoms with Crippen LogP contribution in [0.2, 0.25) is 0 Å². The van der Waals surface area contributed by atoms with Gasteiger partial charge in [0.15, 0.2) is 0 Å². The van der Waals surface area contributed by atoms with Gasteiger partial charge < -0.3 is 14.4 Å². The first-order chi connectivity index (χ1) is 6.56. The Kier molecular flexibility index (Phi) is 8.87. The van der Waals surface area contributed by atoms with E-state index in [1.165, 1.54) is 0 Å². The van der Waals surface area contributed by atoms with E-state index in [-0.39, 0.29) is 0 Å². The van der Waals surface area contributed by atoms with Gasteiger partial charge in [0.05, 0.1) is 24.1 Å². The summed E-state index contributed by atoms with van der Waals surface area (Å²) < 4.78 is 10.5. The molecular weight excluding hydrogens is 246 g/mol. The van der Waals surface area contributed by atoms with Crippen LogP contribution in [0.25, 0.3) is 0 Å². The van der Waals surface area contributed by atoms with Gasteiger partial charge in [0.1, 0.15) is 0 Å². The molecule has 0 aromatic carbocycles. The van der Waals surface area contributed by atoms with Gasteiger partial charge in [-0.25, -0.2) is 0 Å². The summed E-state index contributed by atoms with van der Waals surface area (Å²) in [5.74, 6) is 0. The second kappa shape index (κ2) is 8.65. The summed E-state index contributed by atoms with van der Waals surface area (Å²) in [6.07, 6.45) is 0.321. The molecule has 0 fully saturated rings. The third-order valence-electron chi connectivity index (χ3n) is 1.78. The molecule has 0 aromatic rings. The second-order valence-electron chi connectivity index (χ2n) is 3.73. The van der Waals surface area contributed by atoms with Crippen LogP contribution in [0, 0.1) is 0 Å². The highest BCUT2D eigenvalue weighted by Gasteiger charge is 2.07. The number of nitrogens with zero attached hydrogens (tertiary/aromatic N) is 1. The number of methoxy groups -OCH3 is 1. The second-order valence-corrected chi connectivity index (χ2v) is 5.03. The van der Waals surface area contributed by atoms with Crippen LogP contribution in [0.5, 0.6) is 0 Å². The van der Waals surface area contributed by atoms with E-state index in [2.05, 4.69) is 41.7 Å². The SMILES string of the molecule is COCC(Br)CN(C)CCOC(C)C. The Labute approximate surface area is 95.9 Å². The minimum Gasteiger partial charge on any atom is -0.383 e. The van der Waals surface area contributed by atoms with Crippen molar-refractivity contribution in [1.29, 1.82) is 0 Å². The molecule has 0 saturated heterocycles. The molecule has 0 radical (unpaired) electrons. The quantitative estimate of drug-likeness (QED) is 0.626. The van der Waals surface area contributed by atoms with Gasteiger partial charge >= 0.3 is 0 Å². The molecule has 86 valence electrons. The average Bonchev–Trinajstić information content (AvgIpc) is 2.03. The topological polar surface area (TPSA) is 21.7 Å². The molecular formula is C10H22BrNO2. The third kappa shape index (κ3) is 8.94. The normalized spacial score (nSPS) is 13.9. The van der Waals surface area contributed by atoms with Crippen molar-refractivity contribution >= 4 is 15.9 Å². The lowest BCUT2D eigenvalue weighted by Gasteiger charge is -2.20. The molecule has 0 heterocycles. The number of likely N-dealkylation sites (N-methyl/N-ethyl adjacent to an activating group) is 1. The van der Waals surface area contributed by atoms with Crippen molar-refractivity contribution in [3.8, 4) is 0 Å². The largest absolute Gasteiger partial charge is 0.383 e. The monoisotopic (exact) mass is 267 g/mol. The standard InChI is InChI=1S/C10H22BrNO2/c1-9(2)14-6-5-12(3)7-10(11)8-13-4/h9-10H,5-8H2,1-4H3. The van der Waals surface area contributed by atoms with Gasteiger partial charge in [-0.1, -0.05) is 15.9 Å². The zero-order chi connectivity index (χ0) is 11.0. The van der Waals surface area contributed by atoms with Crippen molar-refractivity contribution in [3.63, 3.8) is 0 Å². The zero-order valence-corrected chi connectivity index (χ0v) is 11.2. The molecule has 3 nitrogen and oxygen atoms in total. The molecule has 0 saturated carbocycles. The van der Waals surface area contributed by atoms with Gasteiger partial charge in [-0.3, -0.25) is 0 Å². The molecule has 0 spiro atoms. The van der Waals surface area contributed by atoms with Gasteiger partial charge in [0, 0.05) is 20.2 Å². The fourth-order valence-electron chi connectivity index (χ4n) is 1.11. The van der Waals surface area contributed by atoms with Gasteiger partial charge in [-0.2, -0.15) is 0 Å². The highest BCUT2D eigenvalue weighted by molar-refractivity contribution is 9.09. The van der Waals surface area contributed by atoms with E-state index in [1.54, 1.807) is 7.11 Å². The third-order valence-corrected chi connectivity index (χ3v) is 2.34. The Morgan fingerprint density at radius 3 is 2.50 bits per heavy atom. The number of ether oxygens (including phenoxy) is 2. The molecule has 4 heteroatoms. The Morgan fingerprint density at radius 2 is 2.00 bits per heavy atom. The molecule has 0 bridgehead atoms. The maximum atomic E-state index is 5.47. The predicted molar refractivity (Wildman–Crippen MR) is 63.2 cm³/mol. The van der Waals surface area contributed by atoms with Crippen LogP contribution >= 0.6 is 15.9 Å². The number of hydrogen-bond donors (Lipinski definition) is 0. The summed E-state index contributed by atoms with van der Waals surface area (Å²) in [7, 11) is 3.81. The van der Waals surface area contributed by atoms with E-state index in [1.807, 2.05) is 0 Å². The predicted octanol–water partition coefficient (Wildman–Crippen LogP) is 1.75. The summed E-state index contributed by atoms with van der Waals surface area (Å²) in [4.78, 5) is 2.64. The van der Waals surface area contributed by atoms with E-state index < -0.39 is 0 Å². The molecule has 0 N–H and O–H groups in total. The molecule has 0 aliphatic rings. The van der Waals surface area contributed by atoms with Gasteiger partial charge in [0.2, 0.25) is 0 Å². The molecule has 0 rings (SSSR count). The van der Waals surface area contributed by atoms with Crippen LogP contribution in [0.1, 0.15) is 13.8 Å². The van der Waals surface area contributed by atoms with Gasteiger partial charge in [0.25, 0.3) is 0 Å². The van der Waals surface area contributed by atoms with Crippen LogP contribution in [0.3, 0.4) is 0 Å². The maximum Gasteiger partial charge on any atom is 0.0600 e. The zero-order valence-electron chi connectivity index (χ0n) is 9.62. The lowest BCUT2D eigenvalue weighted by molar-refractivity contribution is 0.0627. The summed E-state index contributed by atoms with van der Waals surface area (Å²) in [5, 5.41) is 0. The minimum absolute atomic E-state index is 0.321. The van der Waals surface area contributed by atoms with E-state index in [9.17, 15) is 0 Å². The lowest BCUT2D eigenvalue weighted by atomic mass is 10.4. The van der Waals surface area contributed by atoms with E-state index in [4.69, 9.17) is 9.47 Å². The van der Waals surface area contributed by atoms with Crippen LogP contribution in [-0.2, 0) is 9.47 Å². The van der Waals surface area contributed by atoms with Crippen molar-refractivity contribution in [2.45, 2.75) is 24.8 Å². The highest BCUT2D eigenvalue weighted by Crippen LogP contribution is 2.01. The Bertz CT molecular complexity index is 133. The number of alkyl halides is 1. The van der Waals surface area contributed by atoms with Crippen molar-refractivity contribution in [2.75, 3.05) is 40.5 Å². The highest BCUT2D eigenvalue weighted by atomic mass is 79.9. The fourth-order valence-corrected chi connectivity index (χ4v) is 1.87. The van der Waals surface area contributed by atoms with Crippen molar-refractivity contribution in [3.05, 3.63) is 0 Å². The van der Waals surface area contributed by atoms with Crippen molar-refractivity contribution in [2.24, 2.45) is 0 Å². The maximum absolute atomic E-state index is 5.47. The molecule has 0 aliphatic carbocycles. The van der Waals surface area contributed by atoms with Crippen LogP contribution in [-0.4, -0.2) is 56.3 Å². The Morgan fingerprint density at radius 1 is 1.36 bits per heavy atom. The van der Waals surface area contributed by atoms with E-state index in [0.29, 0.717) is 10.9 Å². The van der Waals surface area contributed by atoms with Gasteiger partial charge in [-0.05, 0) is 20.9 Å². The summed E-state index contributed by atoms with van der Waals surface area (Å²) in [5.41, 5.74) is 0. The van der Waals surface area contributed by atoms with Crippen molar-refractivity contribution in [1.82, 2.24) is 4.90 Å². The van der Waals surface area contributed by atoms with Gasteiger partial charge in [-0.15, -0.1) is 0 Å². The molecule has 1 unspecified atom stereocenters. The molecule has 14 heavy (non-hydrogen) atoms. The smallest absolute Gasteiger partial charge is 0.0600 e. The average molecular weight is 268 g/mol. The summed E-state index contributed by atoms with van der Waals surface area (Å²) in [6.45, 7) is 7.59. The molecule has 1 atom stereocenters. The Balaban J connectivity index is 3.39. The summed E-state index contributed by atoms with van der Waals surface area (Å²) in [6, 6.07) is 0. The number of halogens is 1. The first kappa shape index (κ1) is 14.4. The fraction of sp³-hybridized carbons (Fsp3) is 1.00. The van der Waals surface area contributed by atoms with E-state index in [0.717, 1.165) is 26.3 Å². The summed E-state index contributed by atoms with van der Waals surface area (Å²) >= 11 is 3.55. The number of hydrogen-bond acceptors (Lipinski definition) is 3. The first-order valence-electron chi connectivity index (χ1n) is 4.99. The lowest BCUT2D eigenvalue weighted by Crippen LogP contribution is -2.31.